The second kappa shape index (κ2) is 3.10. The third-order valence-corrected chi connectivity index (χ3v) is 2.91. The molecule has 0 aromatic rings. The Morgan fingerprint density at radius 2 is 1.85 bits per heavy atom. The lowest BCUT2D eigenvalue weighted by atomic mass is 9.80. The van der Waals surface area contributed by atoms with Gasteiger partial charge >= 0.3 is 5.97 Å². The van der Waals surface area contributed by atoms with E-state index >= 15 is 0 Å². The van der Waals surface area contributed by atoms with Gasteiger partial charge in [0.25, 0.3) is 0 Å². The first kappa shape index (κ1) is 8.69. The number of fused-ring (bicyclic) bond motifs is 2. The summed E-state index contributed by atoms with van der Waals surface area (Å²) in [6.07, 6.45) is 2.25. The van der Waals surface area contributed by atoms with Crippen molar-refractivity contribution in [3.05, 3.63) is 0 Å². The zero-order valence-corrected chi connectivity index (χ0v) is 7.32. The summed E-state index contributed by atoms with van der Waals surface area (Å²) in [5.74, 6) is -0.687. The summed E-state index contributed by atoms with van der Waals surface area (Å²) < 4.78 is 0. The molecule has 2 N–H and O–H groups in total. The molecule has 4 nitrogen and oxygen atoms in total. The number of hydrogen-bond donors (Lipinski definition) is 2. The minimum atomic E-state index is -0.717. The van der Waals surface area contributed by atoms with Gasteiger partial charge in [-0.25, -0.2) is 0 Å². The average molecular weight is 183 g/mol. The Labute approximate surface area is 76.3 Å². The molecule has 0 saturated carbocycles. The number of hydrogen-bond acceptors (Lipinski definition) is 3. The summed E-state index contributed by atoms with van der Waals surface area (Å²) in [5, 5.41) is 12.1. The van der Waals surface area contributed by atoms with Crippen molar-refractivity contribution in [1.29, 1.82) is 0 Å². The van der Waals surface area contributed by atoms with E-state index < -0.39 is 5.97 Å². The van der Waals surface area contributed by atoms with Gasteiger partial charge in [0.1, 0.15) is 5.78 Å². The van der Waals surface area contributed by atoms with Crippen LogP contribution < -0.4 is 5.32 Å². The molecule has 0 aromatic carbocycles. The van der Waals surface area contributed by atoms with Gasteiger partial charge in [0.05, 0.1) is 5.92 Å². The summed E-state index contributed by atoms with van der Waals surface area (Å²) in [5.41, 5.74) is 0. The topological polar surface area (TPSA) is 66.4 Å². The van der Waals surface area contributed by atoms with Crippen LogP contribution in [0.25, 0.3) is 0 Å². The number of carboxylic acids is 1. The van der Waals surface area contributed by atoms with Gasteiger partial charge in [0, 0.05) is 24.9 Å². The van der Waals surface area contributed by atoms with Crippen LogP contribution in [0.2, 0.25) is 0 Å². The lowest BCUT2D eigenvalue weighted by molar-refractivity contribution is -0.144. The maximum Gasteiger partial charge on any atom is 0.306 e. The van der Waals surface area contributed by atoms with E-state index in [-0.39, 0.29) is 23.8 Å². The molecule has 2 aliphatic heterocycles. The summed E-state index contributed by atoms with van der Waals surface area (Å²) in [4.78, 5) is 21.9. The Bertz CT molecular complexity index is 235. The molecule has 0 aliphatic carbocycles. The van der Waals surface area contributed by atoms with Crippen LogP contribution in [0.4, 0.5) is 0 Å². The molecule has 2 saturated heterocycles. The molecule has 2 rings (SSSR count). The van der Waals surface area contributed by atoms with E-state index in [4.69, 9.17) is 5.11 Å². The Morgan fingerprint density at radius 3 is 2.31 bits per heavy atom. The minimum Gasteiger partial charge on any atom is -0.481 e. The third-order valence-electron chi connectivity index (χ3n) is 2.91. The number of carboxylic acid groups (broad SMARTS) is 1. The Kier molecular flexibility index (Phi) is 2.07. The van der Waals surface area contributed by atoms with Crippen molar-refractivity contribution in [2.75, 3.05) is 0 Å². The monoisotopic (exact) mass is 183 g/mol. The number of rotatable bonds is 1. The summed E-state index contributed by atoms with van der Waals surface area (Å²) >= 11 is 0. The smallest absolute Gasteiger partial charge is 0.306 e. The second-order valence-electron chi connectivity index (χ2n) is 4.01. The predicted molar refractivity (Wildman–Crippen MR) is 45.3 cm³/mol. The molecule has 3 atom stereocenters. The highest BCUT2D eigenvalue weighted by Gasteiger charge is 2.37. The SMILES string of the molecule is O=C1C[C@@H]2CC(C(=O)O)C[C@H](C1)N2. The fraction of sp³-hybridized carbons (Fsp3) is 0.778. The lowest BCUT2D eigenvalue weighted by Gasteiger charge is -2.38. The number of nitrogens with one attached hydrogen (secondary N) is 1. The molecular weight excluding hydrogens is 170 g/mol. The highest BCUT2D eigenvalue weighted by Crippen LogP contribution is 2.28. The van der Waals surface area contributed by atoms with Crippen molar-refractivity contribution in [2.45, 2.75) is 37.8 Å². The van der Waals surface area contributed by atoms with Gasteiger partial charge in [-0.1, -0.05) is 0 Å². The molecule has 13 heavy (non-hydrogen) atoms. The van der Waals surface area contributed by atoms with Crippen molar-refractivity contribution in [1.82, 2.24) is 5.32 Å². The van der Waals surface area contributed by atoms with Crippen molar-refractivity contribution in [3.63, 3.8) is 0 Å². The summed E-state index contributed by atoms with van der Waals surface area (Å²) in [7, 11) is 0. The molecule has 4 heteroatoms. The zero-order chi connectivity index (χ0) is 9.42. The lowest BCUT2D eigenvalue weighted by Crippen LogP contribution is -2.52. The first-order chi connectivity index (χ1) is 6.15. The van der Waals surface area contributed by atoms with Crippen molar-refractivity contribution in [2.24, 2.45) is 5.92 Å². The number of aliphatic carboxylic acids is 1. The molecule has 72 valence electrons. The van der Waals surface area contributed by atoms with E-state index in [0.717, 1.165) is 0 Å². The zero-order valence-electron chi connectivity index (χ0n) is 7.32. The molecule has 2 aliphatic rings. The minimum absolute atomic E-state index is 0.112. The third kappa shape index (κ3) is 1.72. The highest BCUT2D eigenvalue weighted by atomic mass is 16.4. The van der Waals surface area contributed by atoms with Crippen LogP contribution in [0.15, 0.2) is 0 Å². The molecular formula is C9H13NO3. The van der Waals surface area contributed by atoms with Gasteiger partial charge < -0.3 is 10.4 Å². The Hall–Kier alpha value is -0.900. The van der Waals surface area contributed by atoms with E-state index in [9.17, 15) is 9.59 Å². The van der Waals surface area contributed by atoms with E-state index in [1.165, 1.54) is 0 Å². The van der Waals surface area contributed by atoms with Gasteiger partial charge in [-0.05, 0) is 12.8 Å². The standard InChI is InChI=1S/C9H13NO3/c11-8-3-6-1-5(9(12)13)2-7(4-8)10-6/h5-7,10H,1-4H2,(H,12,13)/t5?,6-,7+. The van der Waals surface area contributed by atoms with Gasteiger partial charge in [0.2, 0.25) is 0 Å². The van der Waals surface area contributed by atoms with Crippen LogP contribution in [0.3, 0.4) is 0 Å². The summed E-state index contributed by atoms with van der Waals surface area (Å²) in [6, 6.07) is 0.224. The molecule has 0 aromatic heterocycles. The summed E-state index contributed by atoms with van der Waals surface area (Å²) in [6.45, 7) is 0. The van der Waals surface area contributed by atoms with Crippen LogP contribution >= 0.6 is 0 Å². The Morgan fingerprint density at radius 1 is 1.31 bits per heavy atom. The maximum atomic E-state index is 11.2. The van der Waals surface area contributed by atoms with Crippen LogP contribution in [0.5, 0.6) is 0 Å². The Balaban J connectivity index is 2.05. The van der Waals surface area contributed by atoms with E-state index in [0.29, 0.717) is 25.7 Å². The van der Waals surface area contributed by atoms with Crippen molar-refractivity contribution < 1.29 is 14.7 Å². The molecule has 2 fully saturated rings. The largest absolute Gasteiger partial charge is 0.481 e. The van der Waals surface area contributed by atoms with E-state index in [1.807, 2.05) is 0 Å². The number of carbonyl (C=O) groups is 2. The number of piperidine rings is 2. The first-order valence-electron chi connectivity index (χ1n) is 4.65. The van der Waals surface area contributed by atoms with Crippen molar-refractivity contribution in [3.8, 4) is 0 Å². The molecule has 0 radical (unpaired) electrons. The molecule has 2 bridgehead atoms. The maximum absolute atomic E-state index is 11.2. The fourth-order valence-corrected chi connectivity index (χ4v) is 2.37. The fourth-order valence-electron chi connectivity index (χ4n) is 2.37. The van der Waals surface area contributed by atoms with Crippen LogP contribution in [0, 0.1) is 5.92 Å². The number of Topliss-reactive ketones (excluding diaryl/α,β-unsaturated/α-hetero) is 1. The van der Waals surface area contributed by atoms with Gasteiger partial charge in [-0.15, -0.1) is 0 Å². The first-order valence-corrected chi connectivity index (χ1v) is 4.65. The van der Waals surface area contributed by atoms with Crippen LogP contribution in [0.1, 0.15) is 25.7 Å². The van der Waals surface area contributed by atoms with Gasteiger partial charge in [-0.3, -0.25) is 9.59 Å². The van der Waals surface area contributed by atoms with E-state index in [2.05, 4.69) is 5.32 Å². The number of carbonyl (C=O) groups excluding carboxylic acids is 1. The quantitative estimate of drug-likeness (QED) is 0.608. The molecule has 0 spiro atoms. The molecule has 0 amide bonds. The van der Waals surface area contributed by atoms with Gasteiger partial charge in [-0.2, -0.15) is 0 Å². The van der Waals surface area contributed by atoms with Crippen LogP contribution in [-0.2, 0) is 9.59 Å². The number of ketones is 1. The molecule has 2 heterocycles. The van der Waals surface area contributed by atoms with E-state index in [1.54, 1.807) is 0 Å². The average Bonchev–Trinajstić information content (AvgIpc) is 2.01. The van der Waals surface area contributed by atoms with Crippen molar-refractivity contribution >= 4 is 11.8 Å². The predicted octanol–water partition coefficient (Wildman–Crippen LogP) is 0.171. The van der Waals surface area contributed by atoms with Gasteiger partial charge in [0.15, 0.2) is 0 Å². The highest BCUT2D eigenvalue weighted by molar-refractivity contribution is 5.81. The van der Waals surface area contributed by atoms with Crippen LogP contribution in [-0.4, -0.2) is 28.9 Å². The molecule has 1 unspecified atom stereocenters. The second-order valence-corrected chi connectivity index (χ2v) is 4.01. The normalized spacial score (nSPS) is 38.8.